The van der Waals surface area contributed by atoms with E-state index in [4.69, 9.17) is 16.7 Å². The third-order valence-corrected chi connectivity index (χ3v) is 12.5. The van der Waals surface area contributed by atoms with Gasteiger partial charge in [-0.2, -0.15) is 13.0 Å². The van der Waals surface area contributed by atoms with Crippen molar-refractivity contribution >= 4 is 50.8 Å². The molecule has 0 fully saturated rings. The minimum Gasteiger partial charge on any atom is -0.465 e. The predicted molar refractivity (Wildman–Crippen MR) is 226 cm³/mol. The van der Waals surface area contributed by atoms with Gasteiger partial charge >= 0.3 is 6.09 Å². The zero-order valence-corrected chi connectivity index (χ0v) is 34.8. The summed E-state index contributed by atoms with van der Waals surface area (Å²) >= 11 is 7.22. The number of halogens is 1. The van der Waals surface area contributed by atoms with Crippen LogP contribution in [0, 0.1) is 0 Å². The van der Waals surface area contributed by atoms with Gasteiger partial charge in [-0.05, 0) is 94.1 Å². The highest BCUT2D eigenvalue weighted by Crippen LogP contribution is 2.48. The molecule has 5 rings (SSSR count). The number of benzene rings is 2. The molecular weight excluding hydrogens is 748 g/mol. The zero-order chi connectivity index (χ0) is 40.5. The number of nitrogens with one attached hydrogen (secondary N) is 2. The minimum absolute atomic E-state index is 0.00597. The molecule has 0 spiro atoms. The van der Waals surface area contributed by atoms with E-state index < -0.39 is 16.2 Å². The number of hydrogen-bond acceptors (Lipinski definition) is 5. The number of unbranched alkanes of at least 4 members (excludes halogenated alkanes) is 3. The molecule has 1 aliphatic carbocycles. The summed E-state index contributed by atoms with van der Waals surface area (Å²) < 4.78 is 34.4. The summed E-state index contributed by atoms with van der Waals surface area (Å²) in [6.45, 7) is 11.2. The maximum Gasteiger partial charge on any atom is 0.404 e. The highest BCUT2D eigenvalue weighted by molar-refractivity contribution is 7.85. The molecule has 56 heavy (non-hydrogen) atoms. The quantitative estimate of drug-likeness (QED) is 0.0671. The van der Waals surface area contributed by atoms with E-state index in [2.05, 4.69) is 115 Å². The van der Waals surface area contributed by atoms with Gasteiger partial charge < -0.3 is 20.6 Å². The first-order valence-corrected chi connectivity index (χ1v) is 21.9. The first kappa shape index (κ1) is 42.9. The second-order valence-electron chi connectivity index (χ2n) is 16.0. The number of anilines is 1. The molecule has 0 unspecified atom stereocenters. The molecule has 2 aromatic rings. The molecule has 2 heterocycles. The second-order valence-corrected chi connectivity index (χ2v) is 17.9. The fourth-order valence-corrected chi connectivity index (χ4v) is 9.10. The van der Waals surface area contributed by atoms with Gasteiger partial charge in [0.25, 0.3) is 10.1 Å². The number of carboxylic acid groups (broad SMARTS) is 1. The van der Waals surface area contributed by atoms with Crippen molar-refractivity contribution in [2.45, 2.75) is 103 Å². The molecule has 2 amide bonds. The molecule has 0 saturated carbocycles. The van der Waals surface area contributed by atoms with Crippen LogP contribution in [0.1, 0.15) is 103 Å². The Hall–Kier alpha value is -4.19. The Labute approximate surface area is 337 Å². The number of rotatable bonds is 18. The van der Waals surface area contributed by atoms with Crippen LogP contribution in [0.4, 0.5) is 16.2 Å². The third-order valence-electron chi connectivity index (χ3n) is 11.2. The largest absolute Gasteiger partial charge is 0.465 e. The highest BCUT2D eigenvalue weighted by Gasteiger charge is 2.44. The molecule has 302 valence electrons. The second kappa shape index (κ2) is 18.8. The molecular formula is C44H58ClN4O6S+. The molecule has 3 aliphatic rings. The first-order valence-electron chi connectivity index (χ1n) is 19.9. The lowest BCUT2D eigenvalue weighted by atomic mass is 9.81. The highest BCUT2D eigenvalue weighted by atomic mass is 35.5. The molecule has 2 aliphatic heterocycles. The predicted octanol–water partition coefficient (Wildman–Crippen LogP) is 8.91. The number of carbonyl (C=O) groups is 2. The summed E-state index contributed by atoms with van der Waals surface area (Å²) in [7, 11) is -4.00. The molecule has 12 heteroatoms. The van der Waals surface area contributed by atoms with E-state index in [9.17, 15) is 22.6 Å². The lowest BCUT2D eigenvalue weighted by molar-refractivity contribution is -0.438. The van der Waals surface area contributed by atoms with Crippen molar-refractivity contribution in [2.75, 3.05) is 36.8 Å². The number of amides is 2. The Morgan fingerprint density at radius 3 is 2.32 bits per heavy atom. The van der Waals surface area contributed by atoms with Gasteiger partial charge in [0, 0.05) is 72.0 Å². The van der Waals surface area contributed by atoms with Gasteiger partial charge in [0.05, 0.1) is 11.2 Å². The van der Waals surface area contributed by atoms with Gasteiger partial charge in [0.2, 0.25) is 11.6 Å². The molecule has 10 nitrogen and oxygen atoms in total. The zero-order valence-electron chi connectivity index (χ0n) is 33.2. The van der Waals surface area contributed by atoms with Crippen molar-refractivity contribution in [1.82, 2.24) is 10.6 Å². The Kier molecular flexibility index (Phi) is 14.4. The van der Waals surface area contributed by atoms with Crippen LogP contribution in [0.3, 0.4) is 0 Å². The maximum atomic E-state index is 12.3. The molecule has 0 bridgehead atoms. The average Bonchev–Trinajstić information content (AvgIpc) is 3.49. The summed E-state index contributed by atoms with van der Waals surface area (Å²) in [6.07, 6.45) is 15.1. The number of nitrogens with zero attached hydrogens (tertiary/aromatic N) is 2. The maximum absolute atomic E-state index is 12.3. The van der Waals surface area contributed by atoms with E-state index in [-0.39, 0.29) is 22.5 Å². The van der Waals surface area contributed by atoms with Crippen molar-refractivity contribution in [3.05, 3.63) is 106 Å². The van der Waals surface area contributed by atoms with Crippen LogP contribution in [-0.4, -0.2) is 72.3 Å². The summed E-state index contributed by atoms with van der Waals surface area (Å²) in [5.41, 5.74) is 8.93. The van der Waals surface area contributed by atoms with Gasteiger partial charge in [-0.25, -0.2) is 4.79 Å². The van der Waals surface area contributed by atoms with Crippen LogP contribution in [0.5, 0.6) is 0 Å². The molecule has 0 atom stereocenters. The van der Waals surface area contributed by atoms with Gasteiger partial charge in [0.15, 0.2) is 5.71 Å². The number of allylic oxidation sites excluding steroid dienone is 8. The number of fused-ring (bicyclic) bond motifs is 2. The van der Waals surface area contributed by atoms with Crippen molar-refractivity contribution in [2.24, 2.45) is 0 Å². The monoisotopic (exact) mass is 805 g/mol. The van der Waals surface area contributed by atoms with Crippen LogP contribution in [-0.2, 0) is 25.7 Å². The third kappa shape index (κ3) is 10.6. The fourth-order valence-electron chi connectivity index (χ4n) is 8.22. The van der Waals surface area contributed by atoms with Crippen LogP contribution < -0.4 is 15.5 Å². The molecule has 4 N–H and O–H groups in total. The summed E-state index contributed by atoms with van der Waals surface area (Å²) in [5, 5.41) is 14.6. The van der Waals surface area contributed by atoms with Crippen LogP contribution in [0.15, 0.2) is 94.7 Å². The molecule has 0 saturated heterocycles. The summed E-state index contributed by atoms with van der Waals surface area (Å²) in [5.74, 6) is -0.251. The smallest absolute Gasteiger partial charge is 0.404 e. The number of carbonyl (C=O) groups excluding carboxylic acids is 1. The van der Waals surface area contributed by atoms with Crippen LogP contribution in [0.25, 0.3) is 0 Å². The molecule has 0 aromatic heterocycles. The minimum atomic E-state index is -4.00. The van der Waals surface area contributed by atoms with E-state index in [0.29, 0.717) is 45.3 Å². The van der Waals surface area contributed by atoms with Gasteiger partial charge in [-0.3, -0.25) is 9.35 Å². The van der Waals surface area contributed by atoms with E-state index in [1.807, 2.05) is 6.07 Å². The molecule has 2 aromatic carbocycles. The van der Waals surface area contributed by atoms with E-state index in [0.717, 1.165) is 72.6 Å². The number of hydrogen-bond donors (Lipinski definition) is 4. The fraction of sp³-hybridized carbons (Fsp3) is 0.477. The van der Waals surface area contributed by atoms with E-state index in [1.165, 1.54) is 22.5 Å². The summed E-state index contributed by atoms with van der Waals surface area (Å²) in [6, 6.07) is 16.9. The molecule has 0 radical (unpaired) electrons. The van der Waals surface area contributed by atoms with Crippen molar-refractivity contribution in [3.63, 3.8) is 0 Å². The van der Waals surface area contributed by atoms with E-state index in [1.54, 1.807) is 0 Å². The van der Waals surface area contributed by atoms with Crippen LogP contribution >= 0.6 is 11.6 Å². The first-order chi connectivity index (χ1) is 26.6. The Morgan fingerprint density at radius 2 is 1.57 bits per heavy atom. The summed E-state index contributed by atoms with van der Waals surface area (Å²) in [4.78, 5) is 25.2. The lowest BCUT2D eigenvalue weighted by Crippen LogP contribution is -2.29. The van der Waals surface area contributed by atoms with Crippen molar-refractivity contribution in [3.8, 4) is 0 Å². The van der Waals surface area contributed by atoms with Crippen molar-refractivity contribution in [1.29, 1.82) is 0 Å². The topological polar surface area (TPSA) is 139 Å². The van der Waals surface area contributed by atoms with Crippen LogP contribution in [0.2, 0.25) is 0 Å². The Bertz CT molecular complexity index is 2050. The Balaban J connectivity index is 1.31. The van der Waals surface area contributed by atoms with E-state index >= 15 is 0 Å². The van der Waals surface area contributed by atoms with Gasteiger partial charge in [-0.1, -0.05) is 74.0 Å². The normalized spacial score (nSPS) is 18.9. The average molecular weight is 806 g/mol. The van der Waals surface area contributed by atoms with Gasteiger partial charge in [0.1, 0.15) is 6.54 Å². The van der Waals surface area contributed by atoms with Crippen molar-refractivity contribution < 1.29 is 32.2 Å². The SMILES string of the molecule is CC1(C)C(=CC=C2CCCC(C=CC3=[N+](CCCCCC(=O)NCCCNC(=O)O)c4ccccc4C3(C)C)=C2Cl)N(CCCCS(=O)(=O)O)c2ccccc21. The Morgan fingerprint density at radius 1 is 0.857 bits per heavy atom. The standard InChI is InChI=1S/C44H57ClN4O6S/c1-43(2)34-18-7-9-20-36(34)48(29-11-5-6-22-40(50)46-27-15-28-47-42(51)52)38(43)25-23-32-16-14-17-33(41(32)45)24-26-39-44(3,4)35-19-8-10-21-37(35)49(39)30-12-13-31-56(53,54)55/h7-10,18-21,23-26,47H,5-6,11-17,22,27-31H2,1-4H3,(H2-,46,50,51,52,53,54,55)/p+1. The number of para-hydroxylation sites is 2. The lowest BCUT2D eigenvalue weighted by Gasteiger charge is -2.27. The van der Waals surface area contributed by atoms with Gasteiger partial charge in [-0.15, -0.1) is 0 Å².